The van der Waals surface area contributed by atoms with Gasteiger partial charge in [-0.3, -0.25) is 14.3 Å². The number of hydroxylamine groups is 2. The van der Waals surface area contributed by atoms with E-state index in [1.165, 1.54) is 12.1 Å². The predicted molar refractivity (Wildman–Crippen MR) is 83.6 cm³/mol. The summed E-state index contributed by atoms with van der Waals surface area (Å²) in [6.45, 7) is -0.771. The van der Waals surface area contributed by atoms with E-state index in [9.17, 15) is 27.6 Å². The third-order valence-corrected chi connectivity index (χ3v) is 4.39. The number of nitrogens with zero attached hydrogens (tertiary/aromatic N) is 3. The zero-order valence-corrected chi connectivity index (χ0v) is 14.2. The van der Waals surface area contributed by atoms with E-state index in [-0.39, 0.29) is 42.0 Å². The number of imide groups is 1. The molecular formula is C17H12F3N3O5. The molecule has 0 N–H and O–H groups in total. The molecule has 28 heavy (non-hydrogen) atoms. The van der Waals surface area contributed by atoms with Crippen LogP contribution in [0.25, 0.3) is 0 Å². The van der Waals surface area contributed by atoms with Gasteiger partial charge in [-0.1, -0.05) is 17.2 Å². The van der Waals surface area contributed by atoms with Crippen LogP contribution in [0.2, 0.25) is 0 Å². The third-order valence-electron chi connectivity index (χ3n) is 4.39. The van der Waals surface area contributed by atoms with Crippen LogP contribution in [0.5, 0.6) is 0 Å². The maximum absolute atomic E-state index is 13.2. The maximum Gasteiger partial charge on any atom is 0.435 e. The topological polar surface area (TPSA) is 90.7 Å². The first kappa shape index (κ1) is 18.2. The first-order chi connectivity index (χ1) is 13.3. The molecule has 0 unspecified atom stereocenters. The Hall–Kier alpha value is -3.21. The third kappa shape index (κ3) is 2.93. The number of amides is 2. The lowest BCUT2D eigenvalue weighted by molar-refractivity contribution is -0.169. The molecule has 0 fully saturated rings. The molecule has 0 aliphatic carbocycles. The lowest BCUT2D eigenvalue weighted by Gasteiger charge is -2.16. The first-order valence-electron chi connectivity index (χ1n) is 8.19. The van der Waals surface area contributed by atoms with E-state index in [2.05, 4.69) is 5.10 Å². The van der Waals surface area contributed by atoms with Gasteiger partial charge < -0.3 is 9.57 Å². The molecule has 0 atom stereocenters. The minimum Gasteiger partial charge on any atom is -0.376 e. The number of halogens is 3. The summed E-state index contributed by atoms with van der Waals surface area (Å²) in [4.78, 5) is 41.5. The molecule has 8 nitrogen and oxygen atoms in total. The van der Waals surface area contributed by atoms with E-state index in [1.807, 2.05) is 0 Å². The number of ether oxygens (including phenoxy) is 1. The molecule has 0 saturated carbocycles. The molecule has 2 amide bonds. The van der Waals surface area contributed by atoms with E-state index in [4.69, 9.17) is 9.57 Å². The summed E-state index contributed by atoms with van der Waals surface area (Å²) < 4.78 is 45.4. The van der Waals surface area contributed by atoms with E-state index in [1.54, 1.807) is 12.1 Å². The molecule has 0 radical (unpaired) electrons. The van der Waals surface area contributed by atoms with Gasteiger partial charge in [0.1, 0.15) is 6.54 Å². The van der Waals surface area contributed by atoms with Crippen LogP contribution in [0.4, 0.5) is 13.2 Å². The van der Waals surface area contributed by atoms with Crippen LogP contribution in [-0.2, 0) is 40.1 Å². The van der Waals surface area contributed by atoms with Gasteiger partial charge in [0, 0.05) is 17.7 Å². The Bertz CT molecular complexity index is 963. The largest absolute Gasteiger partial charge is 0.435 e. The quantitative estimate of drug-likeness (QED) is 0.736. The van der Waals surface area contributed by atoms with E-state index in [0.29, 0.717) is 5.06 Å². The van der Waals surface area contributed by atoms with Crippen LogP contribution in [0.15, 0.2) is 24.3 Å². The highest BCUT2D eigenvalue weighted by molar-refractivity contribution is 6.20. The van der Waals surface area contributed by atoms with Gasteiger partial charge >= 0.3 is 12.1 Å². The molecule has 2 aromatic rings. The van der Waals surface area contributed by atoms with Gasteiger partial charge in [0.15, 0.2) is 5.69 Å². The van der Waals surface area contributed by atoms with Crippen molar-refractivity contribution in [1.29, 1.82) is 0 Å². The molecule has 0 saturated heterocycles. The van der Waals surface area contributed by atoms with Gasteiger partial charge in [0.05, 0.1) is 24.3 Å². The minimum atomic E-state index is -4.71. The van der Waals surface area contributed by atoms with Gasteiger partial charge in [0.2, 0.25) is 0 Å². The Kier molecular flexibility index (Phi) is 4.18. The summed E-state index contributed by atoms with van der Waals surface area (Å²) in [5.74, 6) is -2.73. The van der Waals surface area contributed by atoms with Crippen LogP contribution in [-0.4, -0.2) is 39.2 Å². The molecule has 3 heterocycles. The monoisotopic (exact) mass is 395 g/mol. The normalized spacial score (nSPS) is 16.2. The Labute approximate surface area is 155 Å². The highest BCUT2D eigenvalue weighted by atomic mass is 19.4. The van der Waals surface area contributed by atoms with Crippen molar-refractivity contribution < 1.29 is 37.1 Å². The van der Waals surface area contributed by atoms with Crippen molar-refractivity contribution in [3.63, 3.8) is 0 Å². The highest BCUT2D eigenvalue weighted by Gasteiger charge is 2.41. The molecule has 1 aromatic carbocycles. The number of alkyl halides is 3. The van der Waals surface area contributed by atoms with Crippen molar-refractivity contribution in [2.24, 2.45) is 0 Å². The number of carbonyl (C=O) groups excluding carboxylic acids is 3. The Morgan fingerprint density at radius 1 is 1.18 bits per heavy atom. The first-order valence-corrected chi connectivity index (χ1v) is 8.19. The highest BCUT2D eigenvalue weighted by Crippen LogP contribution is 2.34. The number of aromatic nitrogens is 2. The molecule has 0 spiro atoms. The van der Waals surface area contributed by atoms with Gasteiger partial charge in [-0.05, 0) is 12.1 Å². The maximum atomic E-state index is 13.2. The summed E-state index contributed by atoms with van der Waals surface area (Å²) in [7, 11) is 0. The fraction of sp³-hybridized carbons (Fsp3) is 0.294. The lowest BCUT2D eigenvalue weighted by Crippen LogP contribution is -2.34. The van der Waals surface area contributed by atoms with Crippen molar-refractivity contribution >= 4 is 17.8 Å². The number of carbonyl (C=O) groups is 3. The number of rotatable bonds is 3. The smallest absolute Gasteiger partial charge is 0.376 e. The van der Waals surface area contributed by atoms with Crippen LogP contribution < -0.4 is 0 Å². The Morgan fingerprint density at radius 2 is 1.82 bits per heavy atom. The van der Waals surface area contributed by atoms with Crippen LogP contribution >= 0.6 is 0 Å². The van der Waals surface area contributed by atoms with Crippen molar-refractivity contribution in [2.45, 2.75) is 25.7 Å². The molecule has 11 heteroatoms. The molecule has 2 aliphatic heterocycles. The summed E-state index contributed by atoms with van der Waals surface area (Å²) in [5.41, 5.74) is -0.901. The summed E-state index contributed by atoms with van der Waals surface area (Å²) >= 11 is 0. The predicted octanol–water partition coefficient (Wildman–Crippen LogP) is 1.73. The van der Waals surface area contributed by atoms with Crippen molar-refractivity contribution in [2.75, 3.05) is 6.61 Å². The number of fused-ring (bicyclic) bond motifs is 2. The van der Waals surface area contributed by atoms with E-state index >= 15 is 0 Å². The second-order valence-electron chi connectivity index (χ2n) is 6.15. The fourth-order valence-corrected chi connectivity index (χ4v) is 3.17. The standard InChI is InChI=1S/C17H12F3N3O5/c18-17(19,20)14-11-8-27-6-5-12(11)22(21-14)7-13(24)28-23-15(25)9-3-1-2-4-10(9)16(23)26/h1-4H,5-8H2. The van der Waals surface area contributed by atoms with Gasteiger partial charge in [-0.15, -0.1) is 0 Å². The van der Waals surface area contributed by atoms with Gasteiger partial charge in [-0.25, -0.2) is 4.79 Å². The zero-order chi connectivity index (χ0) is 20.1. The minimum absolute atomic E-state index is 0.0771. The molecule has 146 valence electrons. The van der Waals surface area contributed by atoms with Crippen LogP contribution in [0.1, 0.15) is 37.7 Å². The number of benzene rings is 1. The summed E-state index contributed by atoms with van der Waals surface area (Å²) in [6, 6.07) is 5.91. The van der Waals surface area contributed by atoms with E-state index < -0.39 is 36.2 Å². The molecular weight excluding hydrogens is 383 g/mol. The SMILES string of the molecule is O=C(Cn1nc(C(F)(F)F)c2c1CCOC2)ON1C(=O)c2ccccc2C1=O. The van der Waals surface area contributed by atoms with Gasteiger partial charge in [0.25, 0.3) is 11.8 Å². The molecule has 4 rings (SSSR count). The fourth-order valence-electron chi connectivity index (χ4n) is 3.17. The second-order valence-corrected chi connectivity index (χ2v) is 6.15. The molecule has 2 aliphatic rings. The summed E-state index contributed by atoms with van der Waals surface area (Å²) in [5, 5.41) is 3.78. The second kappa shape index (κ2) is 6.44. The number of hydrogen-bond acceptors (Lipinski definition) is 6. The van der Waals surface area contributed by atoms with Gasteiger partial charge in [-0.2, -0.15) is 18.3 Å². The van der Waals surface area contributed by atoms with Crippen LogP contribution in [0, 0.1) is 0 Å². The van der Waals surface area contributed by atoms with Crippen molar-refractivity contribution in [3.8, 4) is 0 Å². The molecule has 1 aromatic heterocycles. The van der Waals surface area contributed by atoms with E-state index in [0.717, 1.165) is 4.68 Å². The van der Waals surface area contributed by atoms with Crippen molar-refractivity contribution in [3.05, 3.63) is 52.3 Å². The number of hydrogen-bond donors (Lipinski definition) is 0. The summed E-state index contributed by atoms with van der Waals surface area (Å²) in [6.07, 6.45) is -4.57. The Balaban J connectivity index is 1.55. The van der Waals surface area contributed by atoms with Crippen LogP contribution in [0.3, 0.4) is 0 Å². The molecule has 0 bridgehead atoms. The lowest BCUT2D eigenvalue weighted by atomic mass is 10.1. The average molecular weight is 395 g/mol. The van der Waals surface area contributed by atoms with Crippen molar-refractivity contribution in [1.82, 2.24) is 14.8 Å². The Morgan fingerprint density at radius 3 is 2.43 bits per heavy atom. The average Bonchev–Trinajstić information content (AvgIpc) is 3.14. The zero-order valence-electron chi connectivity index (χ0n) is 14.2.